The number of nitrogens with two attached hydrogens (primary N) is 2. The zero-order valence-corrected chi connectivity index (χ0v) is 28.4. The van der Waals surface area contributed by atoms with Gasteiger partial charge in [0.1, 0.15) is 36.3 Å². The van der Waals surface area contributed by atoms with Gasteiger partial charge in [-0.05, 0) is 25.7 Å². The summed E-state index contributed by atoms with van der Waals surface area (Å²) in [6.45, 7) is -0.0351. The summed E-state index contributed by atoms with van der Waals surface area (Å²) in [4.78, 5) is 121. The molecule has 0 aliphatic rings. The molecular weight excluding hydrogens is 722 g/mol. The highest BCUT2D eigenvalue weighted by Crippen LogP contribution is 2.07. The fourth-order valence-electron chi connectivity index (χ4n) is 4.05. The lowest BCUT2D eigenvalue weighted by atomic mass is 10.1. The Kier molecular flexibility index (Phi) is 21.0. The van der Waals surface area contributed by atoms with Crippen LogP contribution in [0.2, 0.25) is 0 Å². The topological polar surface area (TPSA) is 420 Å². The standard InChI is InChI=1S/C27H43N9O15S/c28-11(25(48)49)3-5-17(37)32-13(4-6-18(38)39)22(45)33-12(2-1-7-31-27(29)30)21(44)34-14(8-19(40)41)23(46)35-15(9-20(42)43)24(47)36-16(10-52)26(50)51/h11-16,52H,1-10,28H2,(H,32,37)(H,33,45)(H,34,44)(H,35,46)(H,36,47)(H,38,39)(H,40,41)(H,42,43)(H,48,49)(H,50,51)(H4,29,30,31)/t11-,12-,13-,14?,15-,16-/m0/s1. The first kappa shape index (κ1) is 46.3. The predicted molar refractivity (Wildman–Crippen MR) is 177 cm³/mol. The summed E-state index contributed by atoms with van der Waals surface area (Å²) in [6.07, 6.45) is -4.54. The normalized spacial score (nSPS) is 14.0. The zero-order chi connectivity index (χ0) is 40.1. The van der Waals surface area contributed by atoms with Crippen LogP contribution in [-0.4, -0.2) is 139 Å². The second-order valence-corrected chi connectivity index (χ2v) is 11.3. The number of hydrogen-bond acceptors (Lipinski definition) is 13. The van der Waals surface area contributed by atoms with Crippen LogP contribution < -0.4 is 43.4 Å². The molecule has 0 saturated heterocycles. The number of rotatable bonds is 26. The molecule has 52 heavy (non-hydrogen) atoms. The van der Waals surface area contributed by atoms with E-state index in [-0.39, 0.29) is 25.8 Å². The van der Waals surface area contributed by atoms with Crippen molar-refractivity contribution in [1.29, 1.82) is 5.41 Å². The van der Waals surface area contributed by atoms with E-state index in [2.05, 4.69) is 33.9 Å². The third kappa shape index (κ3) is 19.5. The Morgan fingerprint density at radius 3 is 1.42 bits per heavy atom. The van der Waals surface area contributed by atoms with Gasteiger partial charge in [0.15, 0.2) is 5.96 Å². The van der Waals surface area contributed by atoms with Gasteiger partial charge < -0.3 is 68.9 Å². The van der Waals surface area contributed by atoms with Crippen LogP contribution in [0, 0.1) is 5.41 Å². The van der Waals surface area contributed by atoms with E-state index in [0.29, 0.717) is 0 Å². The summed E-state index contributed by atoms with van der Waals surface area (Å²) in [6, 6.07) is -10.3. The summed E-state index contributed by atoms with van der Waals surface area (Å²) in [7, 11) is 0. The van der Waals surface area contributed by atoms with Gasteiger partial charge in [0.05, 0.1) is 12.8 Å². The lowest BCUT2D eigenvalue weighted by Gasteiger charge is -2.26. The number of nitrogens with one attached hydrogen (secondary N) is 7. The number of guanidine groups is 1. The third-order valence-electron chi connectivity index (χ3n) is 6.74. The molecule has 25 heteroatoms. The molecule has 292 valence electrons. The minimum atomic E-state index is -2.02. The van der Waals surface area contributed by atoms with Gasteiger partial charge >= 0.3 is 29.8 Å². The van der Waals surface area contributed by atoms with Crippen molar-refractivity contribution in [2.75, 3.05) is 12.3 Å². The quantitative estimate of drug-likeness (QED) is 0.0169. The molecule has 0 rings (SSSR count). The van der Waals surface area contributed by atoms with Crippen molar-refractivity contribution in [2.24, 2.45) is 11.5 Å². The summed E-state index contributed by atoms with van der Waals surface area (Å²) in [5.41, 5.74) is 10.6. The molecule has 1 unspecified atom stereocenters. The van der Waals surface area contributed by atoms with Gasteiger partial charge in [-0.2, -0.15) is 12.6 Å². The van der Waals surface area contributed by atoms with Crippen LogP contribution in [0.4, 0.5) is 0 Å². The van der Waals surface area contributed by atoms with Gasteiger partial charge in [-0.15, -0.1) is 0 Å². The van der Waals surface area contributed by atoms with Crippen LogP contribution in [0.15, 0.2) is 0 Å². The number of hydrogen-bond donors (Lipinski definition) is 15. The van der Waals surface area contributed by atoms with E-state index in [1.165, 1.54) is 0 Å². The number of carboxylic acids is 5. The van der Waals surface area contributed by atoms with E-state index in [1.54, 1.807) is 0 Å². The van der Waals surface area contributed by atoms with E-state index in [4.69, 9.17) is 32.2 Å². The van der Waals surface area contributed by atoms with Crippen molar-refractivity contribution in [2.45, 2.75) is 87.6 Å². The molecule has 0 aliphatic heterocycles. The van der Waals surface area contributed by atoms with E-state index < -0.39 is 139 Å². The number of amides is 5. The van der Waals surface area contributed by atoms with Crippen LogP contribution in [-0.2, 0) is 47.9 Å². The minimum Gasteiger partial charge on any atom is -0.481 e. The molecule has 0 radical (unpaired) electrons. The predicted octanol–water partition coefficient (Wildman–Crippen LogP) is -5.31. The number of aliphatic carboxylic acids is 5. The van der Waals surface area contributed by atoms with Crippen LogP contribution in [0.25, 0.3) is 0 Å². The molecule has 5 amide bonds. The van der Waals surface area contributed by atoms with E-state index in [1.807, 2.05) is 10.6 Å². The Hall–Kier alpha value is -5.72. The average molecular weight is 766 g/mol. The van der Waals surface area contributed by atoms with Crippen molar-refractivity contribution in [3.63, 3.8) is 0 Å². The van der Waals surface area contributed by atoms with Crippen molar-refractivity contribution in [3.8, 4) is 0 Å². The Labute approximate surface area is 300 Å². The SMILES string of the molecule is N=C(N)NCCC[C@H](NC(=O)[C@H](CCC(=O)O)NC(=O)CC[C@H](N)C(=O)O)C(=O)NC(CC(=O)O)C(=O)N[C@@H](CC(=O)O)C(=O)N[C@@H](CS)C(=O)O. The molecule has 0 aromatic carbocycles. The number of carboxylic acid groups (broad SMARTS) is 5. The molecule has 24 nitrogen and oxygen atoms in total. The highest BCUT2D eigenvalue weighted by Gasteiger charge is 2.34. The molecule has 0 bridgehead atoms. The smallest absolute Gasteiger partial charge is 0.327 e. The van der Waals surface area contributed by atoms with Crippen LogP contribution >= 0.6 is 12.6 Å². The monoisotopic (exact) mass is 765 g/mol. The Balaban J connectivity index is 6.27. The van der Waals surface area contributed by atoms with Crippen molar-refractivity contribution in [3.05, 3.63) is 0 Å². The first-order valence-electron chi connectivity index (χ1n) is 15.2. The van der Waals surface area contributed by atoms with Crippen molar-refractivity contribution in [1.82, 2.24) is 31.9 Å². The summed E-state index contributed by atoms with van der Waals surface area (Å²) in [5.74, 6) is -14.4. The highest BCUT2D eigenvalue weighted by atomic mass is 32.1. The molecule has 0 saturated carbocycles. The van der Waals surface area contributed by atoms with Gasteiger partial charge in [0.25, 0.3) is 0 Å². The first-order valence-corrected chi connectivity index (χ1v) is 15.9. The molecule has 0 heterocycles. The fourth-order valence-corrected chi connectivity index (χ4v) is 4.30. The molecule has 0 aliphatic carbocycles. The van der Waals surface area contributed by atoms with E-state index in [0.717, 1.165) is 0 Å². The molecule has 0 aromatic rings. The Morgan fingerprint density at radius 1 is 0.577 bits per heavy atom. The summed E-state index contributed by atoms with van der Waals surface area (Å²) >= 11 is 3.77. The lowest BCUT2D eigenvalue weighted by molar-refractivity contribution is -0.144. The number of carbonyl (C=O) groups is 10. The average Bonchev–Trinajstić information content (AvgIpc) is 3.03. The third-order valence-corrected chi connectivity index (χ3v) is 7.10. The fraction of sp³-hybridized carbons (Fsp3) is 0.593. The Bertz CT molecular complexity index is 1370. The van der Waals surface area contributed by atoms with Gasteiger partial charge in [-0.3, -0.25) is 48.6 Å². The highest BCUT2D eigenvalue weighted by molar-refractivity contribution is 7.80. The second kappa shape index (κ2) is 23.6. The van der Waals surface area contributed by atoms with Crippen LogP contribution in [0.1, 0.15) is 51.4 Å². The second-order valence-electron chi connectivity index (χ2n) is 11.0. The van der Waals surface area contributed by atoms with Crippen LogP contribution in [0.5, 0.6) is 0 Å². The first-order chi connectivity index (χ1) is 24.2. The van der Waals surface area contributed by atoms with Gasteiger partial charge in [0, 0.05) is 25.1 Å². The molecule has 0 fully saturated rings. The van der Waals surface area contributed by atoms with Crippen LogP contribution in [0.3, 0.4) is 0 Å². The van der Waals surface area contributed by atoms with Gasteiger partial charge in [-0.1, -0.05) is 0 Å². The molecule has 0 aromatic heterocycles. The van der Waals surface area contributed by atoms with Crippen molar-refractivity contribution >= 4 is 78.0 Å². The zero-order valence-electron chi connectivity index (χ0n) is 27.5. The maximum atomic E-state index is 13.4. The number of carbonyl (C=O) groups excluding carboxylic acids is 5. The Morgan fingerprint density at radius 2 is 1.02 bits per heavy atom. The van der Waals surface area contributed by atoms with E-state index >= 15 is 0 Å². The molecular formula is C27H43N9O15S. The van der Waals surface area contributed by atoms with Gasteiger partial charge in [0.2, 0.25) is 29.5 Å². The van der Waals surface area contributed by atoms with E-state index in [9.17, 15) is 58.2 Å². The maximum absolute atomic E-state index is 13.4. The number of thiol groups is 1. The minimum absolute atomic E-state index is 0.0102. The molecule has 0 spiro atoms. The van der Waals surface area contributed by atoms with Gasteiger partial charge in [-0.25, -0.2) is 4.79 Å². The maximum Gasteiger partial charge on any atom is 0.327 e. The van der Waals surface area contributed by atoms with Crippen molar-refractivity contribution < 1.29 is 73.5 Å². The summed E-state index contributed by atoms with van der Waals surface area (Å²) in [5, 5.41) is 66.0. The molecule has 6 atom stereocenters. The largest absolute Gasteiger partial charge is 0.481 e. The molecule has 16 N–H and O–H groups in total. The summed E-state index contributed by atoms with van der Waals surface area (Å²) < 4.78 is 0. The lowest BCUT2D eigenvalue weighted by Crippen LogP contribution is -2.59.